The summed E-state index contributed by atoms with van der Waals surface area (Å²) in [6, 6.07) is 1.95. The van der Waals surface area contributed by atoms with Gasteiger partial charge in [0.2, 0.25) is 0 Å². The van der Waals surface area contributed by atoms with Crippen LogP contribution in [0.25, 0.3) is 0 Å². The van der Waals surface area contributed by atoms with Crippen LogP contribution in [0, 0.1) is 0 Å². The maximum Gasteiger partial charge on any atom is 0.357 e. The lowest BCUT2D eigenvalue weighted by Gasteiger charge is -2.06. The molecule has 0 aliphatic heterocycles. The highest BCUT2D eigenvalue weighted by molar-refractivity contribution is 5.90. The van der Waals surface area contributed by atoms with Crippen molar-refractivity contribution in [2.45, 2.75) is 0 Å². The first-order chi connectivity index (χ1) is 7.56. The summed E-state index contributed by atoms with van der Waals surface area (Å²) in [4.78, 5) is 15.9. The molecule has 1 rings (SSSR count). The summed E-state index contributed by atoms with van der Waals surface area (Å²) < 4.78 is 0. The van der Waals surface area contributed by atoms with E-state index in [-0.39, 0.29) is 12.1 Å². The Balaban J connectivity index is 2.76. The van der Waals surface area contributed by atoms with Gasteiger partial charge in [-0.3, -0.25) is 0 Å². The van der Waals surface area contributed by atoms with E-state index >= 15 is 0 Å². The van der Waals surface area contributed by atoms with E-state index in [9.17, 15) is 4.79 Å². The summed E-state index contributed by atoms with van der Waals surface area (Å²) in [6.45, 7) is 0.571. The fourth-order valence-electron chi connectivity index (χ4n) is 0.956. The Morgan fingerprint density at radius 2 is 1.88 bits per heavy atom. The van der Waals surface area contributed by atoms with Crippen LogP contribution in [0.15, 0.2) is 12.1 Å². The van der Waals surface area contributed by atoms with Crippen LogP contribution in [-0.4, -0.2) is 34.4 Å². The molecule has 0 bridgehead atoms. The zero-order valence-electron chi connectivity index (χ0n) is 8.30. The fraction of sp³-hybridized carbons (Fsp3) is 0.222. The minimum Gasteiger partial charge on any atom is -0.504 e. The molecule has 0 spiro atoms. The third kappa shape index (κ3) is 2.75. The van der Waals surface area contributed by atoms with Crippen LogP contribution >= 0.6 is 0 Å². The SMILES string of the molecule is NCCNOC(=O)c1cc(O)c(O)c(O)c1. The average Bonchev–Trinajstić information content (AvgIpc) is 2.25. The van der Waals surface area contributed by atoms with Crippen molar-refractivity contribution < 1.29 is 25.0 Å². The molecule has 1 aromatic carbocycles. The van der Waals surface area contributed by atoms with Gasteiger partial charge in [-0.1, -0.05) is 0 Å². The van der Waals surface area contributed by atoms with Crippen molar-refractivity contribution in [3.05, 3.63) is 17.7 Å². The molecule has 0 unspecified atom stereocenters. The van der Waals surface area contributed by atoms with Crippen molar-refractivity contribution in [2.24, 2.45) is 5.73 Å². The molecule has 1 aromatic rings. The second kappa shape index (κ2) is 5.19. The number of nitrogens with two attached hydrogens (primary N) is 1. The van der Waals surface area contributed by atoms with E-state index < -0.39 is 23.2 Å². The van der Waals surface area contributed by atoms with Gasteiger partial charge in [0.05, 0.1) is 5.56 Å². The Labute approximate surface area is 91.0 Å². The third-order valence-electron chi connectivity index (χ3n) is 1.72. The molecule has 0 heterocycles. The molecule has 0 saturated heterocycles. The van der Waals surface area contributed by atoms with Crippen molar-refractivity contribution in [3.63, 3.8) is 0 Å². The number of hydrogen-bond acceptors (Lipinski definition) is 7. The van der Waals surface area contributed by atoms with Gasteiger partial charge in [-0.25, -0.2) is 4.79 Å². The van der Waals surface area contributed by atoms with Crippen LogP contribution < -0.4 is 11.2 Å². The van der Waals surface area contributed by atoms with Crippen LogP contribution in [0.4, 0.5) is 0 Å². The normalized spacial score (nSPS) is 10.1. The summed E-state index contributed by atoms with van der Waals surface area (Å²) in [5.74, 6) is -2.71. The number of nitrogens with one attached hydrogen (secondary N) is 1. The lowest BCUT2D eigenvalue weighted by atomic mass is 10.2. The van der Waals surface area contributed by atoms with Gasteiger partial charge < -0.3 is 25.9 Å². The Morgan fingerprint density at radius 3 is 2.38 bits per heavy atom. The van der Waals surface area contributed by atoms with E-state index in [0.717, 1.165) is 12.1 Å². The molecular formula is C9H12N2O5. The highest BCUT2D eigenvalue weighted by atomic mass is 16.7. The van der Waals surface area contributed by atoms with E-state index in [1.165, 1.54) is 0 Å². The largest absolute Gasteiger partial charge is 0.504 e. The van der Waals surface area contributed by atoms with E-state index in [1.807, 2.05) is 0 Å². The number of hydroxylamine groups is 1. The number of hydrogen-bond donors (Lipinski definition) is 5. The first-order valence-corrected chi connectivity index (χ1v) is 4.45. The molecule has 0 saturated carbocycles. The van der Waals surface area contributed by atoms with E-state index in [2.05, 4.69) is 10.3 Å². The van der Waals surface area contributed by atoms with Gasteiger partial charge in [0.15, 0.2) is 17.2 Å². The van der Waals surface area contributed by atoms with Crippen LogP contribution in [-0.2, 0) is 4.84 Å². The predicted molar refractivity (Wildman–Crippen MR) is 53.9 cm³/mol. The number of aromatic hydroxyl groups is 3. The van der Waals surface area contributed by atoms with Gasteiger partial charge in [0.1, 0.15) is 0 Å². The van der Waals surface area contributed by atoms with Crippen LogP contribution in [0.3, 0.4) is 0 Å². The van der Waals surface area contributed by atoms with Crippen molar-refractivity contribution in [1.82, 2.24) is 5.48 Å². The molecule has 7 nitrogen and oxygen atoms in total. The summed E-state index contributed by atoms with van der Waals surface area (Å²) >= 11 is 0. The Morgan fingerprint density at radius 1 is 1.31 bits per heavy atom. The summed E-state index contributed by atoms with van der Waals surface area (Å²) in [5.41, 5.74) is 7.34. The molecule has 0 aliphatic rings. The minimum atomic E-state index is -0.806. The van der Waals surface area contributed by atoms with Crippen molar-refractivity contribution in [2.75, 3.05) is 13.1 Å². The second-order valence-corrected chi connectivity index (χ2v) is 2.94. The lowest BCUT2D eigenvalue weighted by molar-refractivity contribution is 0.0260. The number of phenols is 3. The first kappa shape index (κ1) is 12.1. The van der Waals surface area contributed by atoms with E-state index in [4.69, 9.17) is 21.1 Å². The first-order valence-electron chi connectivity index (χ1n) is 4.45. The number of benzene rings is 1. The minimum absolute atomic E-state index is 0.0997. The molecule has 16 heavy (non-hydrogen) atoms. The van der Waals surface area contributed by atoms with Crippen LogP contribution in [0.5, 0.6) is 17.2 Å². The molecule has 88 valence electrons. The number of rotatable bonds is 4. The Kier molecular flexibility index (Phi) is 3.92. The van der Waals surface area contributed by atoms with Gasteiger partial charge in [-0.15, -0.1) is 0 Å². The molecule has 0 amide bonds. The molecule has 0 fully saturated rings. The number of carbonyl (C=O) groups excluding carboxylic acids is 1. The molecule has 0 aromatic heterocycles. The zero-order valence-corrected chi connectivity index (χ0v) is 8.30. The maximum atomic E-state index is 11.3. The van der Waals surface area contributed by atoms with Crippen molar-refractivity contribution >= 4 is 5.97 Å². The fourth-order valence-corrected chi connectivity index (χ4v) is 0.956. The van der Waals surface area contributed by atoms with Crippen LogP contribution in [0.1, 0.15) is 10.4 Å². The van der Waals surface area contributed by atoms with E-state index in [1.54, 1.807) is 0 Å². The highest BCUT2D eigenvalue weighted by Crippen LogP contribution is 2.35. The molecule has 0 radical (unpaired) electrons. The smallest absolute Gasteiger partial charge is 0.357 e. The molecule has 6 N–H and O–H groups in total. The van der Waals surface area contributed by atoms with Gasteiger partial charge in [-0.05, 0) is 12.1 Å². The Hall–Kier alpha value is -1.99. The van der Waals surface area contributed by atoms with Gasteiger partial charge in [0, 0.05) is 13.1 Å². The molecular weight excluding hydrogens is 216 g/mol. The standard InChI is InChI=1S/C9H12N2O5/c10-1-2-11-16-9(15)5-3-6(12)8(14)7(13)4-5/h3-4,11-14H,1-2,10H2. The number of phenolic OH excluding ortho intramolecular Hbond substituents is 3. The quantitative estimate of drug-likeness (QED) is 0.265. The van der Waals surface area contributed by atoms with Crippen molar-refractivity contribution in [1.29, 1.82) is 0 Å². The molecule has 0 aliphatic carbocycles. The molecule has 7 heteroatoms. The predicted octanol–water partition coefficient (Wildman–Crippen LogP) is -0.577. The second-order valence-electron chi connectivity index (χ2n) is 2.94. The van der Waals surface area contributed by atoms with E-state index in [0.29, 0.717) is 6.54 Å². The summed E-state index contributed by atoms with van der Waals surface area (Å²) in [6.07, 6.45) is 0. The molecule has 0 atom stereocenters. The topological polar surface area (TPSA) is 125 Å². The lowest BCUT2D eigenvalue weighted by Crippen LogP contribution is -2.25. The van der Waals surface area contributed by atoms with Crippen LogP contribution in [0.2, 0.25) is 0 Å². The monoisotopic (exact) mass is 228 g/mol. The van der Waals surface area contributed by atoms with Gasteiger partial charge >= 0.3 is 5.97 Å². The summed E-state index contributed by atoms with van der Waals surface area (Å²) in [5, 5.41) is 27.3. The van der Waals surface area contributed by atoms with Gasteiger partial charge in [0.25, 0.3) is 0 Å². The zero-order chi connectivity index (χ0) is 12.1. The Bertz CT molecular complexity index is 370. The average molecular weight is 228 g/mol. The third-order valence-corrected chi connectivity index (χ3v) is 1.72. The maximum absolute atomic E-state index is 11.3. The summed E-state index contributed by atoms with van der Waals surface area (Å²) in [7, 11) is 0. The van der Waals surface area contributed by atoms with Crippen molar-refractivity contribution in [3.8, 4) is 17.2 Å². The highest BCUT2D eigenvalue weighted by Gasteiger charge is 2.14. The van der Waals surface area contributed by atoms with Gasteiger partial charge in [-0.2, -0.15) is 5.48 Å². The number of carbonyl (C=O) groups is 1.